The molecule has 0 aliphatic carbocycles. The molecule has 0 saturated carbocycles. The van der Waals surface area contributed by atoms with Crippen LogP contribution in [0.3, 0.4) is 0 Å². The van der Waals surface area contributed by atoms with E-state index in [0.717, 1.165) is 10.6 Å². The SMILES string of the molecule is C/C(=c1/occ/c1=C/N)C(C)C. The summed E-state index contributed by atoms with van der Waals surface area (Å²) in [7, 11) is 0. The number of hydrogen-bond donors (Lipinski definition) is 1. The van der Waals surface area contributed by atoms with Crippen molar-refractivity contribution >= 4 is 11.8 Å². The smallest absolute Gasteiger partial charge is 0.134 e. The Morgan fingerprint density at radius 2 is 2.25 bits per heavy atom. The van der Waals surface area contributed by atoms with E-state index in [0.29, 0.717) is 5.92 Å². The van der Waals surface area contributed by atoms with Gasteiger partial charge in [-0.15, -0.1) is 0 Å². The van der Waals surface area contributed by atoms with Gasteiger partial charge in [0, 0.05) is 11.4 Å². The summed E-state index contributed by atoms with van der Waals surface area (Å²) in [6.07, 6.45) is 3.24. The highest BCUT2D eigenvalue weighted by Gasteiger charge is 2.00. The van der Waals surface area contributed by atoms with Gasteiger partial charge >= 0.3 is 0 Å². The Kier molecular flexibility index (Phi) is 2.58. The largest absolute Gasteiger partial charge is 0.464 e. The normalized spacial score (nSPS) is 15.5. The van der Waals surface area contributed by atoms with Gasteiger partial charge in [0.25, 0.3) is 0 Å². The van der Waals surface area contributed by atoms with E-state index in [2.05, 4.69) is 20.8 Å². The van der Waals surface area contributed by atoms with Crippen LogP contribution in [0.15, 0.2) is 16.7 Å². The van der Waals surface area contributed by atoms with Crippen LogP contribution in [0, 0.1) is 5.92 Å². The van der Waals surface area contributed by atoms with Crippen LogP contribution < -0.4 is 16.4 Å². The van der Waals surface area contributed by atoms with E-state index in [1.165, 1.54) is 5.57 Å². The van der Waals surface area contributed by atoms with Crippen molar-refractivity contribution in [2.45, 2.75) is 20.8 Å². The second-order valence-electron chi connectivity index (χ2n) is 3.21. The fraction of sp³-hybridized carbons (Fsp3) is 0.400. The zero-order valence-corrected chi connectivity index (χ0v) is 7.79. The molecule has 2 heteroatoms. The summed E-state index contributed by atoms with van der Waals surface area (Å²) in [5.41, 5.74) is 7.58. The Bertz CT molecular complexity index is 359. The number of hydrogen-bond acceptors (Lipinski definition) is 2. The van der Waals surface area contributed by atoms with Crippen molar-refractivity contribution in [3.63, 3.8) is 0 Å². The topological polar surface area (TPSA) is 39.2 Å². The number of rotatable bonds is 1. The lowest BCUT2D eigenvalue weighted by molar-refractivity contribution is 0.522. The van der Waals surface area contributed by atoms with E-state index in [1.807, 2.05) is 6.07 Å². The van der Waals surface area contributed by atoms with Crippen molar-refractivity contribution in [3.05, 3.63) is 23.0 Å². The predicted octanol–water partition coefficient (Wildman–Crippen LogP) is 0.803. The first-order valence-corrected chi connectivity index (χ1v) is 4.13. The summed E-state index contributed by atoms with van der Waals surface area (Å²) in [5, 5.41) is 0.973. The van der Waals surface area contributed by atoms with E-state index in [4.69, 9.17) is 10.2 Å². The lowest BCUT2D eigenvalue weighted by Gasteiger charge is -2.01. The Morgan fingerprint density at radius 1 is 1.58 bits per heavy atom. The van der Waals surface area contributed by atoms with Gasteiger partial charge in [0.05, 0.1) is 6.26 Å². The van der Waals surface area contributed by atoms with Crippen molar-refractivity contribution in [1.82, 2.24) is 0 Å². The molecule has 1 aromatic rings. The zero-order chi connectivity index (χ0) is 9.14. The summed E-state index contributed by atoms with van der Waals surface area (Å²) in [4.78, 5) is 0. The minimum atomic E-state index is 0.495. The van der Waals surface area contributed by atoms with Gasteiger partial charge in [0.15, 0.2) is 0 Å². The van der Waals surface area contributed by atoms with Crippen molar-refractivity contribution in [2.24, 2.45) is 11.7 Å². The van der Waals surface area contributed by atoms with Crippen molar-refractivity contribution in [2.75, 3.05) is 0 Å². The third-order valence-electron chi connectivity index (χ3n) is 2.10. The molecule has 0 aliphatic rings. The molecule has 1 aromatic heterocycles. The van der Waals surface area contributed by atoms with Crippen LogP contribution in [0.1, 0.15) is 20.8 Å². The molecular formula is C10H15NO. The molecule has 0 spiro atoms. The van der Waals surface area contributed by atoms with Crippen LogP contribution in [-0.2, 0) is 0 Å². The molecule has 0 amide bonds. The van der Waals surface area contributed by atoms with Gasteiger partial charge in [0.2, 0.25) is 0 Å². The average Bonchev–Trinajstić information content (AvgIpc) is 2.49. The lowest BCUT2D eigenvalue weighted by Crippen LogP contribution is -2.24. The van der Waals surface area contributed by atoms with E-state index in [-0.39, 0.29) is 0 Å². The van der Waals surface area contributed by atoms with Gasteiger partial charge in [-0.25, -0.2) is 0 Å². The van der Waals surface area contributed by atoms with E-state index in [1.54, 1.807) is 12.5 Å². The Balaban J connectivity index is 3.45. The standard InChI is InChI=1S/C10H15NO/c1-7(2)8(3)10-9(6-11)4-5-12-10/h4-7H,11H2,1-3H3/b9-6-,10-8-. The summed E-state index contributed by atoms with van der Waals surface area (Å²) in [6.45, 7) is 6.34. The van der Waals surface area contributed by atoms with E-state index in [9.17, 15) is 0 Å². The molecule has 0 saturated heterocycles. The van der Waals surface area contributed by atoms with E-state index >= 15 is 0 Å². The zero-order valence-electron chi connectivity index (χ0n) is 7.79. The molecule has 0 atom stereocenters. The van der Waals surface area contributed by atoms with Crippen molar-refractivity contribution < 1.29 is 4.42 Å². The van der Waals surface area contributed by atoms with Gasteiger partial charge in [0.1, 0.15) is 5.42 Å². The fourth-order valence-electron chi connectivity index (χ4n) is 1.03. The molecular weight excluding hydrogens is 150 g/mol. The van der Waals surface area contributed by atoms with Crippen LogP contribution in [0.4, 0.5) is 0 Å². The second-order valence-corrected chi connectivity index (χ2v) is 3.21. The fourth-order valence-corrected chi connectivity index (χ4v) is 1.03. The van der Waals surface area contributed by atoms with Crippen LogP contribution in [0.5, 0.6) is 0 Å². The minimum Gasteiger partial charge on any atom is -0.464 e. The lowest BCUT2D eigenvalue weighted by atomic mass is 10.1. The van der Waals surface area contributed by atoms with Gasteiger partial charge in [-0.1, -0.05) is 13.8 Å². The molecule has 1 rings (SSSR count). The average molecular weight is 165 g/mol. The van der Waals surface area contributed by atoms with Gasteiger partial charge in [-0.2, -0.15) is 0 Å². The van der Waals surface area contributed by atoms with Crippen LogP contribution in [-0.4, -0.2) is 0 Å². The quantitative estimate of drug-likeness (QED) is 0.668. The third kappa shape index (κ3) is 1.52. The maximum Gasteiger partial charge on any atom is 0.134 e. The molecule has 0 fully saturated rings. The molecule has 2 N–H and O–H groups in total. The number of nitrogens with two attached hydrogens (primary N) is 1. The highest BCUT2D eigenvalue weighted by molar-refractivity contribution is 5.42. The van der Waals surface area contributed by atoms with Gasteiger partial charge in [-0.05, 0) is 24.5 Å². The van der Waals surface area contributed by atoms with Crippen LogP contribution in [0.25, 0.3) is 11.8 Å². The third-order valence-corrected chi connectivity index (χ3v) is 2.10. The van der Waals surface area contributed by atoms with Crippen LogP contribution in [0.2, 0.25) is 0 Å². The van der Waals surface area contributed by atoms with Crippen molar-refractivity contribution in [1.29, 1.82) is 0 Å². The first-order valence-electron chi connectivity index (χ1n) is 4.13. The summed E-state index contributed by atoms with van der Waals surface area (Å²) in [6, 6.07) is 1.88. The van der Waals surface area contributed by atoms with Crippen molar-refractivity contribution in [3.8, 4) is 0 Å². The Morgan fingerprint density at radius 3 is 2.75 bits per heavy atom. The van der Waals surface area contributed by atoms with Crippen LogP contribution >= 0.6 is 0 Å². The van der Waals surface area contributed by atoms with E-state index < -0.39 is 0 Å². The van der Waals surface area contributed by atoms with Gasteiger partial charge in [-0.3, -0.25) is 0 Å². The second kappa shape index (κ2) is 3.48. The maximum atomic E-state index is 5.43. The molecule has 1 heterocycles. The molecule has 0 aliphatic heterocycles. The minimum absolute atomic E-state index is 0.495. The first-order chi connectivity index (χ1) is 5.66. The molecule has 0 radical (unpaired) electrons. The monoisotopic (exact) mass is 165 g/mol. The molecule has 66 valence electrons. The molecule has 0 unspecified atom stereocenters. The highest BCUT2D eigenvalue weighted by atomic mass is 16.3. The molecule has 2 nitrogen and oxygen atoms in total. The Labute approximate surface area is 72.4 Å². The first kappa shape index (κ1) is 8.91. The summed E-state index contributed by atoms with van der Waals surface area (Å²) in [5.74, 6) is 0.495. The highest BCUT2D eigenvalue weighted by Crippen LogP contribution is 2.05. The Hall–Kier alpha value is -1.18. The summed E-state index contributed by atoms with van der Waals surface area (Å²) < 4.78 is 5.33. The molecule has 0 bridgehead atoms. The maximum absolute atomic E-state index is 5.43. The molecule has 0 aromatic carbocycles. The predicted molar refractivity (Wildman–Crippen MR) is 50.5 cm³/mol. The molecule has 12 heavy (non-hydrogen) atoms. The summed E-state index contributed by atoms with van der Waals surface area (Å²) >= 11 is 0. The number of furan rings is 1. The van der Waals surface area contributed by atoms with Gasteiger partial charge < -0.3 is 10.2 Å².